The number of rotatable bonds is 11. The van der Waals surface area contributed by atoms with Crippen molar-refractivity contribution in [2.24, 2.45) is 5.10 Å². The average Bonchev–Trinajstić information content (AvgIpc) is 3.11. The Kier molecular flexibility index (Phi) is 9.85. The van der Waals surface area contributed by atoms with Crippen LogP contribution in [0.4, 0.5) is 5.69 Å². The van der Waals surface area contributed by atoms with Crippen LogP contribution in [0.5, 0.6) is 5.75 Å². The Labute approximate surface area is 285 Å². The fourth-order valence-corrected chi connectivity index (χ4v) is 6.83. The number of carbonyl (C=O) groups excluding carboxylic acids is 1. The predicted molar refractivity (Wildman–Crippen MR) is 192 cm³/mol. The molecule has 7 nitrogen and oxygen atoms in total. The zero-order valence-corrected chi connectivity index (χ0v) is 27.7. The number of amides is 1. The molecule has 0 unspecified atom stereocenters. The first-order chi connectivity index (χ1) is 23.3. The van der Waals surface area contributed by atoms with Gasteiger partial charge in [0, 0.05) is 5.02 Å². The van der Waals surface area contributed by atoms with Crippen molar-refractivity contribution in [3.8, 4) is 5.75 Å². The van der Waals surface area contributed by atoms with Gasteiger partial charge < -0.3 is 4.74 Å². The average molecular weight is 674 g/mol. The van der Waals surface area contributed by atoms with Gasteiger partial charge in [0.15, 0.2) is 0 Å². The highest BCUT2D eigenvalue weighted by Crippen LogP contribution is 2.30. The molecule has 1 amide bonds. The lowest BCUT2D eigenvalue weighted by atomic mass is 10.1. The zero-order chi connectivity index (χ0) is 33.5. The third-order valence-electron chi connectivity index (χ3n) is 7.80. The van der Waals surface area contributed by atoms with Crippen LogP contribution in [0.3, 0.4) is 0 Å². The van der Waals surface area contributed by atoms with Crippen LogP contribution in [-0.4, -0.2) is 20.5 Å². The van der Waals surface area contributed by atoms with Crippen LogP contribution in [-0.2, 0) is 23.2 Å². The Balaban J connectivity index is 1.18. The summed E-state index contributed by atoms with van der Waals surface area (Å²) >= 11 is 6.08. The molecule has 6 rings (SSSR count). The summed E-state index contributed by atoms with van der Waals surface area (Å²) in [6.07, 6.45) is 1.52. The molecule has 0 fully saturated rings. The number of nitrogens with zero attached hydrogens (tertiary/aromatic N) is 2. The summed E-state index contributed by atoms with van der Waals surface area (Å²) in [5.74, 6) is 0.144. The lowest BCUT2D eigenvalue weighted by molar-refractivity contribution is 0.0955. The maximum Gasteiger partial charge on any atom is 0.273 e. The molecule has 9 heteroatoms. The third-order valence-corrected chi connectivity index (χ3v) is 9.83. The van der Waals surface area contributed by atoms with Crippen LogP contribution in [0.1, 0.15) is 32.6 Å². The van der Waals surface area contributed by atoms with Gasteiger partial charge in [-0.3, -0.25) is 9.10 Å². The van der Waals surface area contributed by atoms with Gasteiger partial charge in [-0.05, 0) is 95.1 Å². The molecule has 0 spiro atoms. The molecule has 6 aromatic carbocycles. The first-order valence-electron chi connectivity index (χ1n) is 15.2. The van der Waals surface area contributed by atoms with Crippen molar-refractivity contribution in [1.29, 1.82) is 0 Å². The minimum atomic E-state index is -4.07. The van der Waals surface area contributed by atoms with Crippen LogP contribution in [0.2, 0.25) is 5.02 Å². The molecule has 0 heterocycles. The molecule has 1 N–H and O–H groups in total. The number of para-hydroxylation sites is 1. The summed E-state index contributed by atoms with van der Waals surface area (Å²) in [6.45, 7) is 2.30. The highest BCUT2D eigenvalue weighted by molar-refractivity contribution is 7.92. The fraction of sp³-hybridized carbons (Fsp3) is 0.0769. The Bertz CT molecular complexity index is 2180. The highest BCUT2D eigenvalue weighted by atomic mass is 35.5. The molecule has 0 aromatic heterocycles. The van der Waals surface area contributed by atoms with Gasteiger partial charge in [0.2, 0.25) is 0 Å². The van der Waals surface area contributed by atoms with E-state index in [1.54, 1.807) is 72.8 Å². The summed E-state index contributed by atoms with van der Waals surface area (Å²) in [6, 6.07) is 41.8. The summed E-state index contributed by atoms with van der Waals surface area (Å²) in [5.41, 5.74) is 6.39. The normalized spacial score (nSPS) is 11.5. The molecule has 0 aliphatic heterocycles. The van der Waals surface area contributed by atoms with Gasteiger partial charge >= 0.3 is 0 Å². The van der Waals surface area contributed by atoms with Gasteiger partial charge in [0.1, 0.15) is 12.4 Å². The van der Waals surface area contributed by atoms with Crippen LogP contribution in [0, 0.1) is 6.92 Å². The van der Waals surface area contributed by atoms with E-state index in [2.05, 4.69) is 34.8 Å². The van der Waals surface area contributed by atoms with Crippen molar-refractivity contribution in [3.05, 3.63) is 172 Å². The summed E-state index contributed by atoms with van der Waals surface area (Å²) in [5, 5.41) is 7.00. The molecule has 0 aliphatic rings. The van der Waals surface area contributed by atoms with Gasteiger partial charge in [0.05, 0.1) is 28.9 Å². The number of hydrogen-bond donors (Lipinski definition) is 1. The van der Waals surface area contributed by atoms with Crippen LogP contribution >= 0.6 is 11.6 Å². The van der Waals surface area contributed by atoms with Crippen molar-refractivity contribution >= 4 is 50.2 Å². The van der Waals surface area contributed by atoms with Gasteiger partial charge in [-0.25, -0.2) is 13.8 Å². The molecule has 0 saturated carbocycles. The molecular formula is C39H32ClN3O4S. The molecule has 0 bridgehead atoms. The fourth-order valence-electron chi connectivity index (χ4n) is 5.23. The van der Waals surface area contributed by atoms with Crippen molar-refractivity contribution in [2.45, 2.75) is 25.0 Å². The number of ether oxygens (including phenoxy) is 1. The number of carbonyl (C=O) groups is 1. The van der Waals surface area contributed by atoms with Crippen LogP contribution in [0.25, 0.3) is 10.8 Å². The number of nitrogens with one attached hydrogen (secondary N) is 1. The molecular weight excluding hydrogens is 642 g/mol. The summed E-state index contributed by atoms with van der Waals surface area (Å²) in [4.78, 5) is 13.6. The van der Waals surface area contributed by atoms with E-state index >= 15 is 0 Å². The number of sulfonamides is 1. The second kappa shape index (κ2) is 14.5. The Morgan fingerprint density at radius 2 is 1.50 bits per heavy atom. The van der Waals surface area contributed by atoms with E-state index in [4.69, 9.17) is 16.3 Å². The maximum atomic E-state index is 14.0. The van der Waals surface area contributed by atoms with Gasteiger partial charge in [-0.1, -0.05) is 96.0 Å². The number of benzene rings is 6. The molecule has 6 aromatic rings. The maximum absolute atomic E-state index is 14.0. The second-order valence-corrected chi connectivity index (χ2v) is 13.5. The number of anilines is 1. The van der Waals surface area contributed by atoms with Crippen LogP contribution in [0.15, 0.2) is 150 Å². The summed E-state index contributed by atoms with van der Waals surface area (Å²) in [7, 11) is -4.07. The van der Waals surface area contributed by atoms with E-state index in [-0.39, 0.29) is 22.7 Å². The first kappa shape index (κ1) is 32.5. The minimum Gasteiger partial charge on any atom is -0.489 e. The predicted octanol–water partition coefficient (Wildman–Crippen LogP) is 8.54. The Morgan fingerprint density at radius 3 is 2.27 bits per heavy atom. The van der Waals surface area contributed by atoms with E-state index in [0.717, 1.165) is 27.5 Å². The standard InChI is InChI=1S/C39H32ClN3O4S/c1-28-13-23-35(24-14-28)48(45,46)43(26-30-15-19-33(40)20-16-30)38-12-5-4-11-37(38)39(44)42-41-25-29-17-21-34(22-18-29)47-27-32-9-6-8-31-7-2-3-10-36(31)32/h2-25H,26-27H2,1H3,(H,42,44)/b41-25-. The first-order valence-corrected chi connectivity index (χ1v) is 17.1. The molecule has 240 valence electrons. The smallest absolute Gasteiger partial charge is 0.273 e. The number of fused-ring (bicyclic) bond motifs is 1. The van der Waals surface area contributed by atoms with Gasteiger partial charge in [-0.15, -0.1) is 0 Å². The van der Waals surface area contributed by atoms with E-state index < -0.39 is 15.9 Å². The number of hydrogen-bond acceptors (Lipinski definition) is 5. The number of hydrazone groups is 1. The molecule has 48 heavy (non-hydrogen) atoms. The zero-order valence-electron chi connectivity index (χ0n) is 26.1. The number of halogens is 1. The van der Waals surface area contributed by atoms with Crippen LogP contribution < -0.4 is 14.5 Å². The van der Waals surface area contributed by atoms with Gasteiger partial charge in [0.25, 0.3) is 15.9 Å². The SMILES string of the molecule is Cc1ccc(S(=O)(=O)N(Cc2ccc(Cl)cc2)c2ccccc2C(=O)N/N=C\c2ccc(OCc3cccc4ccccc34)cc2)cc1. The van der Waals surface area contributed by atoms with Crippen molar-refractivity contribution in [2.75, 3.05) is 4.31 Å². The van der Waals surface area contributed by atoms with Gasteiger partial charge in [-0.2, -0.15) is 5.10 Å². The lowest BCUT2D eigenvalue weighted by Crippen LogP contribution is -2.33. The van der Waals surface area contributed by atoms with E-state index in [1.807, 2.05) is 49.4 Å². The van der Waals surface area contributed by atoms with E-state index in [0.29, 0.717) is 22.9 Å². The molecule has 0 aliphatic carbocycles. The molecule has 0 saturated heterocycles. The largest absolute Gasteiger partial charge is 0.489 e. The van der Waals surface area contributed by atoms with Crippen molar-refractivity contribution < 1.29 is 17.9 Å². The van der Waals surface area contributed by atoms with Crippen molar-refractivity contribution in [3.63, 3.8) is 0 Å². The highest BCUT2D eigenvalue weighted by Gasteiger charge is 2.28. The quantitative estimate of drug-likeness (QED) is 0.110. The Morgan fingerprint density at radius 1 is 0.812 bits per heavy atom. The topological polar surface area (TPSA) is 88.1 Å². The molecule has 0 atom stereocenters. The summed E-state index contributed by atoms with van der Waals surface area (Å²) < 4.78 is 35.3. The second-order valence-electron chi connectivity index (χ2n) is 11.2. The lowest BCUT2D eigenvalue weighted by Gasteiger charge is -2.26. The van der Waals surface area contributed by atoms with E-state index in [9.17, 15) is 13.2 Å². The molecule has 0 radical (unpaired) electrons. The monoisotopic (exact) mass is 673 g/mol. The van der Waals surface area contributed by atoms with Crippen molar-refractivity contribution in [1.82, 2.24) is 5.43 Å². The minimum absolute atomic E-state index is 0.0180. The Hall–Kier alpha value is -5.44. The number of aryl methyl sites for hydroxylation is 1. The third kappa shape index (κ3) is 7.57. The van der Waals surface area contributed by atoms with E-state index in [1.165, 1.54) is 10.5 Å².